The first-order chi connectivity index (χ1) is 8.46. The Hall–Kier alpha value is -2.34. The van der Waals surface area contributed by atoms with E-state index >= 15 is 0 Å². The number of aliphatic carboxylic acids is 1. The summed E-state index contributed by atoms with van der Waals surface area (Å²) < 4.78 is 4.59. The third-order valence-corrected chi connectivity index (χ3v) is 1.82. The minimum atomic E-state index is -2.09. The first-order valence-corrected chi connectivity index (χ1v) is 4.77. The van der Waals surface area contributed by atoms with Gasteiger partial charge in [0.05, 0.1) is 6.54 Å². The van der Waals surface area contributed by atoms with Gasteiger partial charge in [0, 0.05) is 12.8 Å². The van der Waals surface area contributed by atoms with Crippen molar-refractivity contribution in [2.24, 2.45) is 15.7 Å². The van der Waals surface area contributed by atoms with Crippen LogP contribution in [0.15, 0.2) is 9.98 Å². The highest BCUT2D eigenvalue weighted by Gasteiger charge is 2.36. The highest BCUT2D eigenvalue weighted by atomic mass is 16.5. The zero-order valence-electron chi connectivity index (χ0n) is 9.29. The van der Waals surface area contributed by atoms with Crippen molar-refractivity contribution in [3.8, 4) is 0 Å². The molecule has 1 atom stereocenters. The van der Waals surface area contributed by atoms with Crippen LogP contribution in [0.1, 0.15) is 12.8 Å². The van der Waals surface area contributed by atoms with Crippen LogP contribution in [0.5, 0.6) is 0 Å². The number of carbonyl (C=O) groups is 2. The van der Waals surface area contributed by atoms with Gasteiger partial charge >= 0.3 is 11.9 Å². The molecule has 0 rings (SSSR count). The number of ether oxygens (including phenoxy) is 1. The largest absolute Gasteiger partial charge is 0.481 e. The Morgan fingerprint density at radius 3 is 2.50 bits per heavy atom. The molecule has 0 heterocycles. The zero-order valence-corrected chi connectivity index (χ0v) is 9.29. The second-order valence-electron chi connectivity index (χ2n) is 3.13. The Kier molecular flexibility index (Phi) is 6.83. The van der Waals surface area contributed by atoms with E-state index in [9.17, 15) is 19.2 Å². The smallest absolute Gasteiger partial charge is 0.349 e. The fraction of sp³-hybridized carbons (Fsp3) is 0.556. The normalized spacial score (nSPS) is 12.5. The first-order valence-electron chi connectivity index (χ1n) is 4.77. The molecule has 0 fully saturated rings. The molecule has 0 aromatic carbocycles. The third-order valence-electron chi connectivity index (χ3n) is 1.82. The van der Waals surface area contributed by atoms with E-state index in [1.165, 1.54) is 6.08 Å². The van der Waals surface area contributed by atoms with Gasteiger partial charge in [-0.15, -0.1) is 0 Å². The first kappa shape index (κ1) is 15.7. The van der Waals surface area contributed by atoms with Crippen LogP contribution in [0.25, 0.3) is 0 Å². The summed E-state index contributed by atoms with van der Waals surface area (Å²) in [4.78, 5) is 47.9. The van der Waals surface area contributed by atoms with Gasteiger partial charge in [-0.3, -0.25) is 10.5 Å². The Morgan fingerprint density at radius 2 is 2.00 bits per heavy atom. The predicted molar refractivity (Wildman–Crippen MR) is 55.9 cm³/mol. The minimum Gasteiger partial charge on any atom is -0.481 e. The van der Waals surface area contributed by atoms with E-state index in [0.717, 1.165) is 6.08 Å². The van der Waals surface area contributed by atoms with Crippen LogP contribution >= 0.6 is 0 Å². The second-order valence-corrected chi connectivity index (χ2v) is 3.13. The predicted octanol–water partition coefficient (Wildman–Crippen LogP) is -1.28. The molecule has 0 aliphatic rings. The number of nitrogens with two attached hydrogens (primary N) is 1. The van der Waals surface area contributed by atoms with Gasteiger partial charge in [-0.25, -0.2) is 19.4 Å². The Bertz CT molecular complexity index is 411. The van der Waals surface area contributed by atoms with Crippen LogP contribution in [-0.4, -0.2) is 48.0 Å². The van der Waals surface area contributed by atoms with E-state index in [1.54, 1.807) is 0 Å². The van der Waals surface area contributed by atoms with E-state index in [-0.39, 0.29) is 13.2 Å². The molecule has 0 amide bonds. The number of hydrogen-bond acceptors (Lipinski definition) is 8. The molecule has 0 spiro atoms. The molecule has 0 aliphatic carbocycles. The van der Waals surface area contributed by atoms with Crippen LogP contribution in [-0.2, 0) is 23.9 Å². The minimum absolute atomic E-state index is 0.116. The van der Waals surface area contributed by atoms with Crippen LogP contribution in [0, 0.1) is 0 Å². The quantitative estimate of drug-likeness (QED) is 0.238. The number of isocyanates is 2. The summed E-state index contributed by atoms with van der Waals surface area (Å²) in [6, 6.07) is 0. The van der Waals surface area contributed by atoms with Gasteiger partial charge in [0.1, 0.15) is 6.61 Å². The Labute approximate surface area is 101 Å². The van der Waals surface area contributed by atoms with Gasteiger partial charge in [-0.1, -0.05) is 0 Å². The summed E-state index contributed by atoms with van der Waals surface area (Å²) in [7, 11) is 0. The van der Waals surface area contributed by atoms with E-state index < -0.39 is 30.4 Å². The standard InChI is InChI=1S/C9H11N3O6/c10-9(12-6-14,2-1-7(15)16)8(17)18-4-3-11-5-13/h1-4,10H2,(H,15,16). The van der Waals surface area contributed by atoms with Gasteiger partial charge in [0.15, 0.2) is 0 Å². The summed E-state index contributed by atoms with van der Waals surface area (Å²) in [6.07, 6.45) is 1.44. The van der Waals surface area contributed by atoms with Crippen LogP contribution < -0.4 is 5.73 Å². The average Bonchev–Trinajstić information content (AvgIpc) is 2.32. The van der Waals surface area contributed by atoms with Crippen molar-refractivity contribution in [2.75, 3.05) is 13.2 Å². The SMILES string of the molecule is NC(CCC(=O)O)(N=C=O)C(=O)OCCN=C=O. The number of carbonyl (C=O) groups excluding carboxylic acids is 3. The summed E-state index contributed by atoms with van der Waals surface area (Å²) in [5.41, 5.74) is 3.35. The lowest BCUT2D eigenvalue weighted by Gasteiger charge is -2.19. The van der Waals surface area contributed by atoms with E-state index in [2.05, 4.69) is 14.7 Å². The maximum Gasteiger partial charge on any atom is 0.349 e. The molecule has 0 aromatic rings. The number of esters is 1. The molecule has 0 radical (unpaired) electrons. The fourth-order valence-corrected chi connectivity index (χ4v) is 0.937. The van der Waals surface area contributed by atoms with Crippen LogP contribution in [0.2, 0.25) is 0 Å². The maximum atomic E-state index is 11.5. The van der Waals surface area contributed by atoms with E-state index in [4.69, 9.17) is 10.8 Å². The fourth-order valence-electron chi connectivity index (χ4n) is 0.937. The number of rotatable bonds is 8. The molecule has 3 N–H and O–H groups in total. The summed E-state index contributed by atoms with van der Waals surface area (Å²) in [6.45, 7) is -0.372. The monoisotopic (exact) mass is 257 g/mol. The average molecular weight is 257 g/mol. The second kappa shape index (κ2) is 7.86. The van der Waals surface area contributed by atoms with Gasteiger partial charge in [-0.2, -0.15) is 4.99 Å². The summed E-state index contributed by atoms with van der Waals surface area (Å²) in [5.74, 6) is -2.29. The molecule has 0 aromatic heterocycles. The van der Waals surface area contributed by atoms with Crippen molar-refractivity contribution in [1.82, 2.24) is 0 Å². The van der Waals surface area contributed by atoms with Crippen molar-refractivity contribution in [2.45, 2.75) is 18.5 Å². The van der Waals surface area contributed by atoms with Crippen molar-refractivity contribution in [1.29, 1.82) is 0 Å². The topological polar surface area (TPSA) is 148 Å². The highest BCUT2D eigenvalue weighted by molar-refractivity contribution is 5.82. The third kappa shape index (κ3) is 5.66. The summed E-state index contributed by atoms with van der Waals surface area (Å²) in [5, 5.41) is 8.47. The number of carboxylic acid groups (broad SMARTS) is 1. The molecule has 1 unspecified atom stereocenters. The molecule has 98 valence electrons. The van der Waals surface area contributed by atoms with Crippen molar-refractivity contribution in [3.05, 3.63) is 0 Å². The zero-order chi connectivity index (χ0) is 14.0. The molecule has 0 aliphatic heterocycles. The Morgan fingerprint density at radius 1 is 1.33 bits per heavy atom. The van der Waals surface area contributed by atoms with Gasteiger partial charge in [-0.05, 0) is 0 Å². The molecular formula is C9H11N3O6. The Balaban J connectivity index is 4.55. The molecule has 9 nitrogen and oxygen atoms in total. The van der Waals surface area contributed by atoms with Crippen molar-refractivity contribution in [3.63, 3.8) is 0 Å². The van der Waals surface area contributed by atoms with Gasteiger partial charge in [0.25, 0.3) is 0 Å². The van der Waals surface area contributed by atoms with Gasteiger partial charge < -0.3 is 9.84 Å². The van der Waals surface area contributed by atoms with Crippen molar-refractivity contribution < 1.29 is 29.0 Å². The lowest BCUT2D eigenvalue weighted by molar-refractivity contribution is -0.150. The maximum absolute atomic E-state index is 11.5. The van der Waals surface area contributed by atoms with Crippen LogP contribution in [0.3, 0.4) is 0 Å². The molecule has 0 bridgehead atoms. The number of carboxylic acids is 1. The lowest BCUT2D eigenvalue weighted by atomic mass is 10.1. The van der Waals surface area contributed by atoms with E-state index in [0.29, 0.717) is 0 Å². The van der Waals surface area contributed by atoms with E-state index in [1.807, 2.05) is 0 Å². The molecule has 18 heavy (non-hydrogen) atoms. The molecular weight excluding hydrogens is 246 g/mol. The summed E-state index contributed by atoms with van der Waals surface area (Å²) >= 11 is 0. The lowest BCUT2D eigenvalue weighted by Crippen LogP contribution is -2.47. The molecule has 0 saturated heterocycles. The number of hydrogen-bond donors (Lipinski definition) is 2. The number of nitrogens with zero attached hydrogens (tertiary/aromatic N) is 2. The molecule has 0 saturated carbocycles. The van der Waals surface area contributed by atoms with Crippen LogP contribution in [0.4, 0.5) is 0 Å². The highest BCUT2D eigenvalue weighted by Crippen LogP contribution is 2.13. The molecule has 9 heteroatoms. The van der Waals surface area contributed by atoms with Gasteiger partial charge in [0.2, 0.25) is 17.8 Å². The van der Waals surface area contributed by atoms with Crippen molar-refractivity contribution >= 4 is 24.1 Å². The number of aliphatic imine (C=N–C) groups is 2.